The molecule has 5 nitrogen and oxygen atoms in total. The second kappa shape index (κ2) is 6.98. The van der Waals surface area contributed by atoms with E-state index in [1.165, 1.54) is 6.33 Å². The molecule has 1 aromatic carbocycles. The summed E-state index contributed by atoms with van der Waals surface area (Å²) < 4.78 is 14.1. The Hall–Kier alpha value is -2.50. The van der Waals surface area contributed by atoms with Gasteiger partial charge >= 0.3 is 0 Å². The Morgan fingerprint density at radius 3 is 2.50 bits per heavy atom. The SMILES string of the molecule is CCc1ncnc(Nc2ccc(CC(=O)N(C)C)cc2)c1F. The predicted molar refractivity (Wildman–Crippen MR) is 83.5 cm³/mol. The van der Waals surface area contributed by atoms with Crippen molar-refractivity contribution in [2.24, 2.45) is 0 Å². The van der Waals surface area contributed by atoms with Gasteiger partial charge < -0.3 is 10.2 Å². The van der Waals surface area contributed by atoms with Gasteiger partial charge in [-0.3, -0.25) is 4.79 Å². The second-order valence-electron chi connectivity index (χ2n) is 5.12. The molecule has 1 heterocycles. The first kappa shape index (κ1) is 15.9. The Kier molecular flexibility index (Phi) is 5.04. The Labute approximate surface area is 129 Å². The van der Waals surface area contributed by atoms with Crippen LogP contribution in [0.5, 0.6) is 0 Å². The monoisotopic (exact) mass is 302 g/mol. The summed E-state index contributed by atoms with van der Waals surface area (Å²) in [6.45, 7) is 1.84. The van der Waals surface area contributed by atoms with E-state index in [1.54, 1.807) is 31.1 Å². The number of halogens is 1. The molecule has 0 saturated heterocycles. The zero-order chi connectivity index (χ0) is 16.1. The van der Waals surface area contributed by atoms with Crippen LogP contribution in [0.2, 0.25) is 0 Å². The summed E-state index contributed by atoms with van der Waals surface area (Å²) in [6, 6.07) is 7.27. The van der Waals surface area contributed by atoms with Gasteiger partial charge in [-0.05, 0) is 24.1 Å². The number of anilines is 2. The van der Waals surface area contributed by atoms with E-state index >= 15 is 0 Å². The highest BCUT2D eigenvalue weighted by molar-refractivity contribution is 5.78. The third kappa shape index (κ3) is 3.78. The van der Waals surface area contributed by atoms with Crippen LogP contribution in [0.15, 0.2) is 30.6 Å². The molecule has 2 aromatic rings. The quantitative estimate of drug-likeness (QED) is 0.922. The predicted octanol–water partition coefficient (Wildman–Crippen LogP) is 2.55. The summed E-state index contributed by atoms with van der Waals surface area (Å²) >= 11 is 0. The molecule has 1 amide bonds. The molecule has 0 atom stereocenters. The Morgan fingerprint density at radius 1 is 1.23 bits per heavy atom. The van der Waals surface area contributed by atoms with E-state index in [1.807, 2.05) is 19.1 Å². The molecular weight excluding hydrogens is 283 g/mol. The Bertz CT molecular complexity index is 656. The molecule has 6 heteroatoms. The number of aryl methyl sites for hydroxylation is 1. The standard InChI is InChI=1S/C16H19FN4O/c1-4-13-15(17)16(19-10-18-13)20-12-7-5-11(6-8-12)9-14(22)21(2)3/h5-8,10H,4,9H2,1-3H3,(H,18,19,20). The van der Waals surface area contributed by atoms with Crippen molar-refractivity contribution in [3.63, 3.8) is 0 Å². The van der Waals surface area contributed by atoms with E-state index in [-0.39, 0.29) is 11.7 Å². The lowest BCUT2D eigenvalue weighted by molar-refractivity contribution is -0.127. The maximum absolute atomic E-state index is 14.1. The minimum absolute atomic E-state index is 0.0372. The molecule has 116 valence electrons. The van der Waals surface area contributed by atoms with Crippen molar-refractivity contribution in [1.29, 1.82) is 0 Å². The molecular formula is C16H19FN4O. The molecule has 0 saturated carbocycles. The molecule has 1 aromatic heterocycles. The number of likely N-dealkylation sites (N-methyl/N-ethyl adjacent to an activating group) is 1. The number of nitrogens with zero attached hydrogens (tertiary/aromatic N) is 3. The van der Waals surface area contributed by atoms with Crippen LogP contribution in [0.4, 0.5) is 15.9 Å². The van der Waals surface area contributed by atoms with Crippen LogP contribution < -0.4 is 5.32 Å². The van der Waals surface area contributed by atoms with Crippen LogP contribution in [0.25, 0.3) is 0 Å². The van der Waals surface area contributed by atoms with Gasteiger partial charge in [-0.25, -0.2) is 14.4 Å². The first-order chi connectivity index (χ1) is 10.5. The molecule has 1 N–H and O–H groups in total. The van der Waals surface area contributed by atoms with Gasteiger partial charge in [-0.2, -0.15) is 0 Å². The molecule has 22 heavy (non-hydrogen) atoms. The number of nitrogens with one attached hydrogen (secondary N) is 1. The van der Waals surface area contributed by atoms with Crippen LogP contribution in [-0.2, 0) is 17.6 Å². The maximum atomic E-state index is 14.1. The van der Waals surface area contributed by atoms with E-state index in [9.17, 15) is 9.18 Å². The lowest BCUT2D eigenvalue weighted by atomic mass is 10.1. The van der Waals surface area contributed by atoms with Gasteiger partial charge in [0.15, 0.2) is 11.6 Å². The molecule has 0 fully saturated rings. The summed E-state index contributed by atoms with van der Waals surface area (Å²) in [5, 5.41) is 2.93. The van der Waals surface area contributed by atoms with Crippen LogP contribution in [-0.4, -0.2) is 34.9 Å². The highest BCUT2D eigenvalue weighted by atomic mass is 19.1. The number of rotatable bonds is 5. The van der Waals surface area contributed by atoms with E-state index in [2.05, 4.69) is 15.3 Å². The maximum Gasteiger partial charge on any atom is 0.226 e. The van der Waals surface area contributed by atoms with Crippen molar-refractivity contribution in [2.45, 2.75) is 19.8 Å². The molecule has 0 spiro atoms. The van der Waals surface area contributed by atoms with Crippen LogP contribution in [0, 0.1) is 5.82 Å². The lowest BCUT2D eigenvalue weighted by Crippen LogP contribution is -2.23. The molecule has 2 rings (SSSR count). The van der Waals surface area contributed by atoms with E-state index in [0.29, 0.717) is 24.2 Å². The molecule has 0 aliphatic heterocycles. The number of benzene rings is 1. The van der Waals surface area contributed by atoms with Gasteiger partial charge in [0.05, 0.1) is 12.1 Å². The average Bonchev–Trinajstić information content (AvgIpc) is 2.51. The van der Waals surface area contributed by atoms with Crippen molar-refractivity contribution in [3.05, 3.63) is 47.7 Å². The first-order valence-electron chi connectivity index (χ1n) is 7.06. The summed E-state index contributed by atoms with van der Waals surface area (Å²) in [4.78, 5) is 21.0. The number of carbonyl (C=O) groups excluding carboxylic acids is 1. The number of hydrogen-bond donors (Lipinski definition) is 1. The van der Waals surface area contributed by atoms with E-state index in [4.69, 9.17) is 0 Å². The van der Waals surface area contributed by atoms with Gasteiger partial charge in [-0.15, -0.1) is 0 Å². The van der Waals surface area contributed by atoms with Gasteiger partial charge in [0, 0.05) is 19.8 Å². The molecule has 0 unspecified atom stereocenters. The van der Waals surface area contributed by atoms with Gasteiger partial charge in [-0.1, -0.05) is 19.1 Å². The van der Waals surface area contributed by atoms with Gasteiger partial charge in [0.25, 0.3) is 0 Å². The fraction of sp³-hybridized carbons (Fsp3) is 0.312. The Morgan fingerprint density at radius 2 is 1.91 bits per heavy atom. The number of aromatic nitrogens is 2. The molecule has 0 aliphatic carbocycles. The second-order valence-corrected chi connectivity index (χ2v) is 5.12. The number of carbonyl (C=O) groups is 1. The van der Waals surface area contributed by atoms with Crippen molar-refractivity contribution < 1.29 is 9.18 Å². The minimum Gasteiger partial charge on any atom is -0.349 e. The normalized spacial score (nSPS) is 10.4. The zero-order valence-corrected chi connectivity index (χ0v) is 12.9. The molecule has 0 aliphatic rings. The summed E-state index contributed by atoms with van der Waals surface area (Å²) in [5.41, 5.74) is 1.99. The van der Waals surface area contributed by atoms with E-state index < -0.39 is 5.82 Å². The third-order valence-electron chi connectivity index (χ3n) is 3.27. The number of amides is 1. The minimum atomic E-state index is -0.433. The summed E-state index contributed by atoms with van der Waals surface area (Å²) in [6.07, 6.45) is 2.19. The van der Waals surface area contributed by atoms with Crippen LogP contribution >= 0.6 is 0 Å². The van der Waals surface area contributed by atoms with Crippen molar-refractivity contribution in [2.75, 3.05) is 19.4 Å². The lowest BCUT2D eigenvalue weighted by Gasteiger charge is -2.11. The van der Waals surface area contributed by atoms with Gasteiger partial charge in [0.1, 0.15) is 6.33 Å². The first-order valence-corrected chi connectivity index (χ1v) is 7.06. The van der Waals surface area contributed by atoms with Crippen molar-refractivity contribution in [1.82, 2.24) is 14.9 Å². The highest BCUT2D eigenvalue weighted by Crippen LogP contribution is 2.19. The smallest absolute Gasteiger partial charge is 0.226 e. The van der Waals surface area contributed by atoms with Crippen molar-refractivity contribution in [3.8, 4) is 0 Å². The number of hydrogen-bond acceptors (Lipinski definition) is 4. The summed E-state index contributed by atoms with van der Waals surface area (Å²) in [7, 11) is 3.45. The topological polar surface area (TPSA) is 58.1 Å². The van der Waals surface area contributed by atoms with Crippen LogP contribution in [0.1, 0.15) is 18.2 Å². The molecule has 0 radical (unpaired) electrons. The zero-order valence-electron chi connectivity index (χ0n) is 12.9. The fourth-order valence-electron chi connectivity index (χ4n) is 1.92. The third-order valence-corrected chi connectivity index (χ3v) is 3.27. The average molecular weight is 302 g/mol. The van der Waals surface area contributed by atoms with Crippen LogP contribution in [0.3, 0.4) is 0 Å². The van der Waals surface area contributed by atoms with Gasteiger partial charge in [0.2, 0.25) is 5.91 Å². The highest BCUT2D eigenvalue weighted by Gasteiger charge is 2.10. The fourth-order valence-corrected chi connectivity index (χ4v) is 1.92. The molecule has 0 bridgehead atoms. The largest absolute Gasteiger partial charge is 0.349 e. The Balaban J connectivity index is 2.10. The summed E-state index contributed by atoms with van der Waals surface area (Å²) in [5.74, 6) is -0.240. The van der Waals surface area contributed by atoms with E-state index in [0.717, 1.165) is 5.56 Å². The van der Waals surface area contributed by atoms with Crippen molar-refractivity contribution >= 4 is 17.4 Å².